The molecule has 3 fully saturated rings. The van der Waals surface area contributed by atoms with Crippen molar-refractivity contribution in [3.8, 4) is 0 Å². The maximum atomic E-state index is 12.5. The fourth-order valence-electron chi connectivity index (χ4n) is 4.20. The normalized spacial score (nSPS) is 33.6. The average Bonchev–Trinajstić information content (AvgIpc) is 2.60. The molecule has 0 aliphatic carbocycles. The maximum Gasteiger partial charge on any atom is 0.253 e. The van der Waals surface area contributed by atoms with Gasteiger partial charge in [-0.05, 0) is 45.6 Å². The van der Waals surface area contributed by atoms with E-state index in [2.05, 4.69) is 24.1 Å². The summed E-state index contributed by atoms with van der Waals surface area (Å²) in [5, 5.41) is 3.24. The summed E-state index contributed by atoms with van der Waals surface area (Å²) in [4.78, 5) is 17.0. The van der Waals surface area contributed by atoms with Gasteiger partial charge in [0.15, 0.2) is 0 Å². The predicted octanol–water partition coefficient (Wildman–Crippen LogP) is 0.713. The van der Waals surface area contributed by atoms with Gasteiger partial charge in [-0.15, -0.1) is 0 Å². The first-order valence-electron chi connectivity index (χ1n) is 9.60. The molecule has 3 saturated heterocycles. The molecular formula is C18H33N3O3. The highest BCUT2D eigenvalue weighted by Gasteiger charge is 2.30. The molecule has 0 saturated carbocycles. The molecule has 3 aliphatic rings. The molecule has 0 spiro atoms. The molecule has 3 atom stereocenters. The number of hydrogen-bond donors (Lipinski definition) is 1. The van der Waals surface area contributed by atoms with Crippen LogP contribution in [0.3, 0.4) is 0 Å². The van der Waals surface area contributed by atoms with E-state index in [4.69, 9.17) is 9.47 Å². The summed E-state index contributed by atoms with van der Waals surface area (Å²) >= 11 is 0. The highest BCUT2D eigenvalue weighted by Crippen LogP contribution is 2.23. The second-order valence-electron chi connectivity index (χ2n) is 7.64. The van der Waals surface area contributed by atoms with Gasteiger partial charge in [-0.25, -0.2) is 0 Å². The van der Waals surface area contributed by atoms with Gasteiger partial charge in [0.2, 0.25) is 0 Å². The Morgan fingerprint density at radius 3 is 2.50 bits per heavy atom. The molecule has 0 aromatic heterocycles. The molecule has 138 valence electrons. The molecule has 1 N–H and O–H groups in total. The molecule has 3 heterocycles. The molecule has 1 amide bonds. The summed E-state index contributed by atoms with van der Waals surface area (Å²) in [6, 6.07) is 0. The van der Waals surface area contributed by atoms with Crippen LogP contribution in [-0.2, 0) is 14.3 Å². The number of hydrogen-bond acceptors (Lipinski definition) is 5. The third kappa shape index (κ3) is 4.91. The maximum absolute atomic E-state index is 12.5. The van der Waals surface area contributed by atoms with E-state index in [9.17, 15) is 4.79 Å². The summed E-state index contributed by atoms with van der Waals surface area (Å²) in [5.74, 6) is 0.921. The minimum absolute atomic E-state index is 0.177. The van der Waals surface area contributed by atoms with E-state index < -0.39 is 0 Å². The second-order valence-corrected chi connectivity index (χ2v) is 7.64. The third-order valence-corrected chi connectivity index (χ3v) is 5.48. The monoisotopic (exact) mass is 339 g/mol. The van der Waals surface area contributed by atoms with E-state index in [0.717, 1.165) is 58.0 Å². The standard InChI is InChI=1S/C18H33N3O3/c1-14-12-20(13-15(2)24-14)7-3-16-4-8-21(9-5-16)18(22)17-11-19-6-10-23-17/h14-17,19H,3-13H2,1-2H3. The first-order valence-corrected chi connectivity index (χ1v) is 9.60. The number of ether oxygens (including phenoxy) is 2. The van der Waals surface area contributed by atoms with Gasteiger partial charge in [0.05, 0.1) is 18.8 Å². The fraction of sp³-hybridized carbons (Fsp3) is 0.944. The quantitative estimate of drug-likeness (QED) is 0.818. The van der Waals surface area contributed by atoms with E-state index in [1.54, 1.807) is 0 Å². The van der Waals surface area contributed by atoms with Crippen molar-refractivity contribution >= 4 is 5.91 Å². The third-order valence-electron chi connectivity index (χ3n) is 5.48. The fourth-order valence-corrected chi connectivity index (χ4v) is 4.20. The van der Waals surface area contributed by atoms with Crippen LogP contribution >= 0.6 is 0 Å². The number of nitrogens with one attached hydrogen (secondary N) is 1. The average molecular weight is 339 g/mol. The number of rotatable bonds is 4. The van der Waals surface area contributed by atoms with Crippen molar-refractivity contribution < 1.29 is 14.3 Å². The Morgan fingerprint density at radius 2 is 1.88 bits per heavy atom. The number of morpholine rings is 2. The first-order chi connectivity index (χ1) is 11.6. The first kappa shape index (κ1) is 18.1. The molecule has 3 aliphatic heterocycles. The Labute approximate surface area is 145 Å². The van der Waals surface area contributed by atoms with Gasteiger partial charge in [0.25, 0.3) is 5.91 Å². The van der Waals surface area contributed by atoms with Crippen molar-refractivity contribution in [2.24, 2.45) is 5.92 Å². The lowest BCUT2D eigenvalue weighted by Crippen LogP contribution is -2.51. The smallest absolute Gasteiger partial charge is 0.253 e. The molecule has 6 nitrogen and oxygen atoms in total. The zero-order valence-corrected chi connectivity index (χ0v) is 15.2. The molecule has 24 heavy (non-hydrogen) atoms. The van der Waals surface area contributed by atoms with Gasteiger partial charge in [-0.1, -0.05) is 0 Å². The number of amides is 1. The molecule has 0 radical (unpaired) electrons. The summed E-state index contributed by atoms with van der Waals surface area (Å²) in [7, 11) is 0. The van der Waals surface area contributed by atoms with E-state index in [-0.39, 0.29) is 12.0 Å². The van der Waals surface area contributed by atoms with Gasteiger partial charge in [-0.3, -0.25) is 9.69 Å². The van der Waals surface area contributed by atoms with Crippen LogP contribution in [0.1, 0.15) is 33.1 Å². The van der Waals surface area contributed by atoms with Crippen molar-refractivity contribution in [2.75, 3.05) is 52.4 Å². The second kappa shape index (κ2) is 8.61. The molecular weight excluding hydrogens is 306 g/mol. The van der Waals surface area contributed by atoms with Crippen LogP contribution in [0, 0.1) is 5.92 Å². The van der Waals surface area contributed by atoms with Gasteiger partial charge >= 0.3 is 0 Å². The topological polar surface area (TPSA) is 54.0 Å². The van der Waals surface area contributed by atoms with Gasteiger partial charge < -0.3 is 19.7 Å². The minimum Gasteiger partial charge on any atom is -0.373 e. The van der Waals surface area contributed by atoms with Crippen molar-refractivity contribution in [2.45, 2.75) is 51.4 Å². The Morgan fingerprint density at radius 1 is 1.17 bits per heavy atom. The molecule has 3 unspecified atom stereocenters. The van der Waals surface area contributed by atoms with E-state index in [0.29, 0.717) is 25.4 Å². The number of piperidine rings is 1. The number of carbonyl (C=O) groups excluding carboxylic acids is 1. The lowest BCUT2D eigenvalue weighted by molar-refractivity contribution is -0.146. The van der Waals surface area contributed by atoms with Crippen LogP contribution in [0.5, 0.6) is 0 Å². The summed E-state index contributed by atoms with van der Waals surface area (Å²) in [6.45, 7) is 11.5. The van der Waals surface area contributed by atoms with Crippen LogP contribution in [0.15, 0.2) is 0 Å². The zero-order chi connectivity index (χ0) is 16.9. The molecule has 0 aromatic rings. The van der Waals surface area contributed by atoms with Crippen LogP contribution < -0.4 is 5.32 Å². The van der Waals surface area contributed by atoms with Crippen molar-refractivity contribution in [1.29, 1.82) is 0 Å². The Balaban J connectivity index is 1.36. The van der Waals surface area contributed by atoms with Gasteiger partial charge in [0, 0.05) is 39.3 Å². The van der Waals surface area contributed by atoms with Crippen LogP contribution in [0.4, 0.5) is 0 Å². The molecule has 6 heteroatoms. The minimum atomic E-state index is -0.272. The van der Waals surface area contributed by atoms with Crippen molar-refractivity contribution in [3.05, 3.63) is 0 Å². The SMILES string of the molecule is CC1CN(CCC2CCN(C(=O)C3CNCCO3)CC2)CC(C)O1. The number of nitrogens with zero attached hydrogens (tertiary/aromatic N) is 2. The van der Waals surface area contributed by atoms with Crippen LogP contribution in [-0.4, -0.2) is 86.4 Å². The van der Waals surface area contributed by atoms with Gasteiger partial charge in [-0.2, -0.15) is 0 Å². The largest absolute Gasteiger partial charge is 0.373 e. The summed E-state index contributed by atoms with van der Waals surface area (Å²) in [6.07, 6.45) is 3.91. The Kier molecular flexibility index (Phi) is 6.49. The van der Waals surface area contributed by atoms with Crippen LogP contribution in [0.25, 0.3) is 0 Å². The molecule has 0 bridgehead atoms. The highest BCUT2D eigenvalue weighted by atomic mass is 16.5. The van der Waals surface area contributed by atoms with E-state index in [1.165, 1.54) is 6.42 Å². The van der Waals surface area contributed by atoms with Crippen LogP contribution in [0.2, 0.25) is 0 Å². The molecule has 3 rings (SSSR count). The number of carbonyl (C=O) groups is 1. The molecule has 0 aromatic carbocycles. The van der Waals surface area contributed by atoms with Crippen molar-refractivity contribution in [1.82, 2.24) is 15.1 Å². The van der Waals surface area contributed by atoms with Gasteiger partial charge in [0.1, 0.15) is 6.10 Å². The van der Waals surface area contributed by atoms with Crippen molar-refractivity contribution in [3.63, 3.8) is 0 Å². The summed E-state index contributed by atoms with van der Waals surface area (Å²) < 4.78 is 11.4. The zero-order valence-electron chi connectivity index (χ0n) is 15.2. The van der Waals surface area contributed by atoms with E-state index >= 15 is 0 Å². The lowest BCUT2D eigenvalue weighted by atomic mass is 9.93. The predicted molar refractivity (Wildman–Crippen MR) is 93.0 cm³/mol. The lowest BCUT2D eigenvalue weighted by Gasteiger charge is -2.38. The number of likely N-dealkylation sites (tertiary alicyclic amines) is 1. The Bertz CT molecular complexity index is 396. The highest BCUT2D eigenvalue weighted by molar-refractivity contribution is 5.81. The summed E-state index contributed by atoms with van der Waals surface area (Å²) in [5.41, 5.74) is 0. The Hall–Kier alpha value is -0.690. The van der Waals surface area contributed by atoms with E-state index in [1.807, 2.05) is 4.90 Å².